The summed E-state index contributed by atoms with van der Waals surface area (Å²) in [5.74, 6) is 2.03. The molecule has 0 spiro atoms. The van der Waals surface area contributed by atoms with Crippen LogP contribution in [0.2, 0.25) is 0 Å². The monoisotopic (exact) mass is 480 g/mol. The average molecular weight is 481 g/mol. The van der Waals surface area contributed by atoms with Crippen molar-refractivity contribution in [3.8, 4) is 11.5 Å². The van der Waals surface area contributed by atoms with Gasteiger partial charge in [-0.05, 0) is 48.8 Å². The van der Waals surface area contributed by atoms with Crippen LogP contribution in [0.5, 0.6) is 11.5 Å². The Bertz CT molecular complexity index is 698. The number of rotatable bonds is 18. The Morgan fingerprint density at radius 2 is 1.85 bits per heavy atom. The van der Waals surface area contributed by atoms with E-state index >= 15 is 0 Å². The van der Waals surface area contributed by atoms with Crippen molar-refractivity contribution in [2.24, 2.45) is 23.5 Å². The van der Waals surface area contributed by atoms with Crippen molar-refractivity contribution in [1.82, 2.24) is 5.32 Å². The maximum absolute atomic E-state index is 12.3. The molecule has 0 saturated heterocycles. The predicted molar refractivity (Wildman–Crippen MR) is 137 cm³/mol. The number of ether oxygens (including phenoxy) is 3. The molecule has 0 aliphatic carbocycles. The lowest BCUT2D eigenvalue weighted by Crippen LogP contribution is -2.45. The molecule has 0 aliphatic heterocycles. The molecule has 1 aromatic rings. The van der Waals surface area contributed by atoms with E-state index in [1.54, 1.807) is 14.2 Å². The maximum atomic E-state index is 12.3. The summed E-state index contributed by atoms with van der Waals surface area (Å²) < 4.78 is 16.5. The maximum Gasteiger partial charge on any atom is 0.222 e. The molecule has 0 aliphatic rings. The van der Waals surface area contributed by atoms with Gasteiger partial charge in [0.1, 0.15) is 0 Å². The number of methoxy groups -OCH3 is 2. The Labute approximate surface area is 206 Å². The van der Waals surface area contributed by atoms with Gasteiger partial charge in [0.25, 0.3) is 0 Å². The van der Waals surface area contributed by atoms with Crippen LogP contribution in [0, 0.1) is 17.8 Å². The van der Waals surface area contributed by atoms with E-state index in [2.05, 4.69) is 32.2 Å². The number of aliphatic hydroxyl groups excluding tert-OH is 1. The minimum atomic E-state index is -0.779. The summed E-state index contributed by atoms with van der Waals surface area (Å²) in [6.45, 7) is 9.78. The standard InChI is InChI=1S/C27H48N2O5/c1-7-8-10-20(4)27(31)29-18-24(30)23(28)17-22(19(2)3)15-21-11-12-25(33-6)26(16-21)34-14-9-13-32-5/h11-12,16,19-20,22-24,30H,7-10,13-15,17-18,28H2,1-6H3,(H,29,31). The third-order valence-corrected chi connectivity index (χ3v) is 6.41. The number of carbonyl (C=O) groups is 1. The van der Waals surface area contributed by atoms with Gasteiger partial charge in [0.05, 0.1) is 19.8 Å². The largest absolute Gasteiger partial charge is 0.493 e. The smallest absolute Gasteiger partial charge is 0.222 e. The minimum Gasteiger partial charge on any atom is -0.493 e. The Morgan fingerprint density at radius 1 is 1.12 bits per heavy atom. The zero-order valence-electron chi connectivity index (χ0n) is 22.1. The molecule has 0 heterocycles. The quantitative estimate of drug-likeness (QED) is 0.275. The molecule has 4 atom stereocenters. The first-order chi connectivity index (χ1) is 16.2. The van der Waals surface area contributed by atoms with Gasteiger partial charge in [-0.15, -0.1) is 0 Å². The van der Waals surface area contributed by atoms with Crippen molar-refractivity contribution in [3.63, 3.8) is 0 Å². The van der Waals surface area contributed by atoms with Crippen molar-refractivity contribution >= 4 is 5.91 Å². The number of nitrogens with two attached hydrogens (primary N) is 1. The number of hydrogen-bond donors (Lipinski definition) is 3. The molecule has 0 radical (unpaired) electrons. The van der Waals surface area contributed by atoms with Gasteiger partial charge in [0.2, 0.25) is 5.91 Å². The predicted octanol–water partition coefficient (Wildman–Crippen LogP) is 3.95. The molecular weight excluding hydrogens is 432 g/mol. The molecule has 4 N–H and O–H groups in total. The molecule has 7 nitrogen and oxygen atoms in total. The first-order valence-electron chi connectivity index (χ1n) is 12.7. The number of hydrogen-bond acceptors (Lipinski definition) is 6. The highest BCUT2D eigenvalue weighted by Crippen LogP contribution is 2.31. The summed E-state index contributed by atoms with van der Waals surface area (Å²) in [4.78, 5) is 12.3. The summed E-state index contributed by atoms with van der Waals surface area (Å²) in [6, 6.07) is 5.60. The van der Waals surface area contributed by atoms with Crippen LogP contribution in [-0.4, -0.2) is 57.1 Å². The minimum absolute atomic E-state index is 0.0172. The fourth-order valence-corrected chi connectivity index (χ4v) is 3.92. The lowest BCUT2D eigenvalue weighted by atomic mass is 9.83. The van der Waals surface area contributed by atoms with Gasteiger partial charge in [-0.2, -0.15) is 0 Å². The SMILES string of the molecule is CCCCC(C)C(=O)NCC(O)C(N)CC(Cc1ccc(OC)c(OCCCOC)c1)C(C)C. The molecule has 0 bridgehead atoms. The van der Waals surface area contributed by atoms with E-state index in [9.17, 15) is 9.90 Å². The Morgan fingerprint density at radius 3 is 2.47 bits per heavy atom. The molecule has 0 aromatic heterocycles. The lowest BCUT2D eigenvalue weighted by molar-refractivity contribution is -0.125. The van der Waals surface area contributed by atoms with E-state index < -0.39 is 12.1 Å². The molecule has 1 amide bonds. The molecular formula is C27H48N2O5. The number of nitrogens with one attached hydrogen (secondary N) is 1. The van der Waals surface area contributed by atoms with Crippen LogP contribution in [0.1, 0.15) is 65.4 Å². The molecule has 0 saturated carbocycles. The molecule has 4 unspecified atom stereocenters. The van der Waals surface area contributed by atoms with Crippen LogP contribution >= 0.6 is 0 Å². The van der Waals surface area contributed by atoms with Crippen molar-refractivity contribution < 1.29 is 24.1 Å². The van der Waals surface area contributed by atoms with Gasteiger partial charge >= 0.3 is 0 Å². The molecule has 7 heteroatoms. The molecule has 196 valence electrons. The number of unbranched alkanes of at least 4 members (excludes halogenated alkanes) is 1. The zero-order valence-corrected chi connectivity index (χ0v) is 22.1. The highest BCUT2D eigenvalue weighted by Gasteiger charge is 2.24. The molecule has 1 rings (SSSR count). The van der Waals surface area contributed by atoms with Crippen molar-refractivity contribution in [3.05, 3.63) is 23.8 Å². The van der Waals surface area contributed by atoms with Crippen molar-refractivity contribution in [1.29, 1.82) is 0 Å². The van der Waals surface area contributed by atoms with Gasteiger partial charge < -0.3 is 30.4 Å². The van der Waals surface area contributed by atoms with Gasteiger partial charge in [-0.1, -0.05) is 46.6 Å². The van der Waals surface area contributed by atoms with E-state index in [0.717, 1.165) is 43.4 Å². The normalized spacial score (nSPS) is 15.0. The number of carbonyl (C=O) groups excluding carboxylic acids is 1. The van der Waals surface area contributed by atoms with Crippen LogP contribution < -0.4 is 20.5 Å². The van der Waals surface area contributed by atoms with Crippen molar-refractivity contribution in [2.75, 3.05) is 34.0 Å². The number of benzene rings is 1. The first-order valence-corrected chi connectivity index (χ1v) is 12.7. The third kappa shape index (κ3) is 11.1. The Kier molecular flexibility index (Phi) is 14.9. The first kappa shape index (κ1) is 30.2. The Balaban J connectivity index is 2.69. The summed E-state index contributed by atoms with van der Waals surface area (Å²) in [7, 11) is 3.31. The van der Waals surface area contributed by atoms with Crippen LogP contribution in [0.3, 0.4) is 0 Å². The van der Waals surface area contributed by atoms with Crippen LogP contribution in [-0.2, 0) is 16.0 Å². The second kappa shape index (κ2) is 16.7. The zero-order chi connectivity index (χ0) is 25.5. The van der Waals surface area contributed by atoms with E-state index in [1.165, 1.54) is 0 Å². The topological polar surface area (TPSA) is 103 Å². The fraction of sp³-hybridized carbons (Fsp3) is 0.741. The van der Waals surface area contributed by atoms with Crippen LogP contribution in [0.4, 0.5) is 0 Å². The molecule has 0 fully saturated rings. The summed E-state index contributed by atoms with van der Waals surface area (Å²) in [6.07, 6.45) is 4.46. The number of amides is 1. The van der Waals surface area contributed by atoms with Crippen LogP contribution in [0.25, 0.3) is 0 Å². The summed E-state index contributed by atoms with van der Waals surface area (Å²) in [5, 5.41) is 13.5. The molecule has 1 aromatic carbocycles. The highest BCUT2D eigenvalue weighted by molar-refractivity contribution is 5.78. The highest BCUT2D eigenvalue weighted by atomic mass is 16.5. The van der Waals surface area contributed by atoms with E-state index in [-0.39, 0.29) is 24.3 Å². The second-order valence-electron chi connectivity index (χ2n) is 9.64. The summed E-state index contributed by atoms with van der Waals surface area (Å²) >= 11 is 0. The molecule has 34 heavy (non-hydrogen) atoms. The van der Waals surface area contributed by atoms with Gasteiger partial charge in [0, 0.05) is 38.6 Å². The lowest BCUT2D eigenvalue weighted by Gasteiger charge is -2.28. The van der Waals surface area contributed by atoms with E-state index in [4.69, 9.17) is 19.9 Å². The third-order valence-electron chi connectivity index (χ3n) is 6.41. The average Bonchev–Trinajstić information content (AvgIpc) is 2.82. The van der Waals surface area contributed by atoms with Gasteiger partial charge in [-0.3, -0.25) is 4.79 Å². The fourth-order valence-electron chi connectivity index (χ4n) is 3.92. The second-order valence-corrected chi connectivity index (χ2v) is 9.64. The number of aliphatic hydroxyl groups is 1. The van der Waals surface area contributed by atoms with Crippen LogP contribution in [0.15, 0.2) is 18.2 Å². The van der Waals surface area contributed by atoms with E-state index in [0.29, 0.717) is 31.3 Å². The Hall–Kier alpha value is -1.83. The van der Waals surface area contributed by atoms with Crippen molar-refractivity contribution in [2.45, 2.75) is 78.4 Å². The van der Waals surface area contributed by atoms with Gasteiger partial charge in [0.15, 0.2) is 11.5 Å². The van der Waals surface area contributed by atoms with Gasteiger partial charge in [-0.25, -0.2) is 0 Å². The summed E-state index contributed by atoms with van der Waals surface area (Å²) in [5.41, 5.74) is 7.50. The van der Waals surface area contributed by atoms with E-state index in [1.807, 2.05) is 19.1 Å².